The molecule has 0 heterocycles. The minimum atomic E-state index is -1.39. The van der Waals surface area contributed by atoms with Gasteiger partial charge >= 0.3 is 5.97 Å². The predicted octanol–water partition coefficient (Wildman–Crippen LogP) is 1.37. The van der Waals surface area contributed by atoms with Crippen molar-refractivity contribution in [2.24, 2.45) is 5.73 Å². The number of halogens is 3. The van der Waals surface area contributed by atoms with Crippen molar-refractivity contribution < 1.29 is 23.1 Å². The molecule has 0 aromatic heterocycles. The smallest absolute Gasteiger partial charge is 0.320 e. The first kappa shape index (κ1) is 12.5. The van der Waals surface area contributed by atoms with E-state index in [0.29, 0.717) is 0 Å². The molecule has 0 aliphatic carbocycles. The van der Waals surface area contributed by atoms with Gasteiger partial charge in [-0.2, -0.15) is 0 Å². The van der Waals surface area contributed by atoms with Gasteiger partial charge in [0, 0.05) is 12.0 Å². The Kier molecular flexibility index (Phi) is 3.54. The van der Waals surface area contributed by atoms with E-state index >= 15 is 0 Å². The Labute approximate surface area is 89.7 Å². The molecule has 0 radical (unpaired) electrons. The average Bonchev–Trinajstić information content (AvgIpc) is 2.22. The molecule has 1 aromatic carbocycles. The zero-order chi connectivity index (χ0) is 12.5. The van der Waals surface area contributed by atoms with Crippen LogP contribution in [0.2, 0.25) is 0 Å². The zero-order valence-corrected chi connectivity index (χ0v) is 8.43. The van der Waals surface area contributed by atoms with Crippen LogP contribution in [0.25, 0.3) is 0 Å². The highest BCUT2D eigenvalue weighted by Gasteiger charge is 2.20. The van der Waals surface area contributed by atoms with Crippen LogP contribution >= 0.6 is 0 Å². The van der Waals surface area contributed by atoms with E-state index in [1.54, 1.807) is 0 Å². The van der Waals surface area contributed by atoms with Crippen LogP contribution in [0.15, 0.2) is 6.07 Å². The quantitative estimate of drug-likeness (QED) is 0.775. The molecule has 0 saturated heterocycles. The van der Waals surface area contributed by atoms with Crippen LogP contribution in [0, 0.1) is 24.4 Å². The Morgan fingerprint density at radius 1 is 1.44 bits per heavy atom. The van der Waals surface area contributed by atoms with Crippen molar-refractivity contribution in [1.29, 1.82) is 0 Å². The van der Waals surface area contributed by atoms with Crippen molar-refractivity contribution >= 4 is 5.97 Å². The summed E-state index contributed by atoms with van der Waals surface area (Å²) < 4.78 is 39.5. The molecule has 16 heavy (non-hydrogen) atoms. The van der Waals surface area contributed by atoms with Gasteiger partial charge in [0.15, 0.2) is 11.6 Å². The third-order valence-electron chi connectivity index (χ3n) is 2.22. The zero-order valence-electron chi connectivity index (χ0n) is 8.43. The number of carboxylic acids is 1. The van der Waals surface area contributed by atoms with Crippen molar-refractivity contribution in [3.8, 4) is 0 Å². The van der Waals surface area contributed by atoms with Crippen LogP contribution in [0.5, 0.6) is 0 Å². The summed E-state index contributed by atoms with van der Waals surface area (Å²) in [5, 5.41) is 8.49. The molecule has 0 aliphatic heterocycles. The molecule has 0 spiro atoms. The highest BCUT2D eigenvalue weighted by atomic mass is 19.2. The number of hydrogen-bond donors (Lipinski definition) is 2. The Morgan fingerprint density at radius 2 is 2.00 bits per heavy atom. The second kappa shape index (κ2) is 4.52. The monoisotopic (exact) mass is 233 g/mol. The molecule has 0 saturated carbocycles. The lowest BCUT2D eigenvalue weighted by molar-refractivity contribution is -0.138. The van der Waals surface area contributed by atoms with Gasteiger partial charge in [-0.05, 0) is 18.6 Å². The first-order chi connectivity index (χ1) is 7.34. The highest BCUT2D eigenvalue weighted by molar-refractivity contribution is 5.73. The summed E-state index contributed by atoms with van der Waals surface area (Å²) in [6.45, 7) is 1.09. The maximum absolute atomic E-state index is 13.3. The van der Waals surface area contributed by atoms with Crippen LogP contribution in [-0.4, -0.2) is 17.1 Å². The fourth-order valence-corrected chi connectivity index (χ4v) is 1.21. The second-order valence-electron chi connectivity index (χ2n) is 3.42. The Morgan fingerprint density at radius 3 is 2.50 bits per heavy atom. The SMILES string of the molecule is Cc1c(F)cc(CC(N)C(=O)O)c(F)c1F. The van der Waals surface area contributed by atoms with Crippen molar-refractivity contribution in [1.82, 2.24) is 0 Å². The summed E-state index contributed by atoms with van der Waals surface area (Å²) >= 11 is 0. The molecule has 6 heteroatoms. The number of nitrogens with two attached hydrogens (primary N) is 1. The van der Waals surface area contributed by atoms with E-state index < -0.39 is 41.4 Å². The summed E-state index contributed by atoms with van der Waals surface area (Å²) in [7, 11) is 0. The van der Waals surface area contributed by atoms with E-state index in [9.17, 15) is 18.0 Å². The Balaban J connectivity index is 3.11. The van der Waals surface area contributed by atoms with Crippen LogP contribution in [0.1, 0.15) is 11.1 Å². The molecular weight excluding hydrogens is 223 g/mol. The number of carboxylic acid groups (broad SMARTS) is 1. The fraction of sp³-hybridized carbons (Fsp3) is 0.300. The standard InChI is InChI=1S/C10H10F3NO2/c1-4-6(11)2-5(9(13)8(4)12)3-7(14)10(15)16/h2,7H,3,14H2,1H3,(H,15,16). The van der Waals surface area contributed by atoms with E-state index in [-0.39, 0.29) is 5.56 Å². The van der Waals surface area contributed by atoms with E-state index in [4.69, 9.17) is 10.8 Å². The summed E-state index contributed by atoms with van der Waals surface area (Å²) in [5.74, 6) is -4.85. The van der Waals surface area contributed by atoms with Crippen LogP contribution in [0.4, 0.5) is 13.2 Å². The normalized spacial score (nSPS) is 12.6. The molecule has 0 bridgehead atoms. The van der Waals surface area contributed by atoms with Crippen LogP contribution in [-0.2, 0) is 11.2 Å². The maximum Gasteiger partial charge on any atom is 0.320 e. The van der Waals surface area contributed by atoms with Crippen molar-refractivity contribution in [3.63, 3.8) is 0 Å². The van der Waals surface area contributed by atoms with Gasteiger partial charge in [-0.15, -0.1) is 0 Å². The molecule has 88 valence electrons. The van der Waals surface area contributed by atoms with Gasteiger partial charge in [0.05, 0.1) is 0 Å². The third-order valence-corrected chi connectivity index (χ3v) is 2.22. The van der Waals surface area contributed by atoms with Gasteiger partial charge in [0.25, 0.3) is 0 Å². The van der Waals surface area contributed by atoms with E-state index in [0.717, 1.165) is 13.0 Å². The molecule has 0 amide bonds. The van der Waals surface area contributed by atoms with E-state index in [1.807, 2.05) is 0 Å². The van der Waals surface area contributed by atoms with Gasteiger partial charge in [-0.25, -0.2) is 13.2 Å². The maximum atomic E-state index is 13.3. The average molecular weight is 233 g/mol. The summed E-state index contributed by atoms with van der Waals surface area (Å²) in [5.41, 5.74) is 4.33. The number of carbonyl (C=O) groups is 1. The Hall–Kier alpha value is -1.56. The van der Waals surface area contributed by atoms with Crippen molar-refractivity contribution in [2.75, 3.05) is 0 Å². The molecule has 1 atom stereocenters. The minimum Gasteiger partial charge on any atom is -0.480 e. The molecule has 0 fully saturated rings. The largest absolute Gasteiger partial charge is 0.480 e. The number of aliphatic carboxylic acids is 1. The fourth-order valence-electron chi connectivity index (χ4n) is 1.21. The topological polar surface area (TPSA) is 63.3 Å². The lowest BCUT2D eigenvalue weighted by Crippen LogP contribution is -2.32. The summed E-state index contributed by atoms with van der Waals surface area (Å²) in [4.78, 5) is 10.4. The first-order valence-corrected chi connectivity index (χ1v) is 4.46. The second-order valence-corrected chi connectivity index (χ2v) is 3.42. The molecule has 3 N–H and O–H groups in total. The van der Waals surface area contributed by atoms with Crippen molar-refractivity contribution in [2.45, 2.75) is 19.4 Å². The lowest BCUT2D eigenvalue weighted by atomic mass is 10.0. The van der Waals surface area contributed by atoms with Crippen molar-refractivity contribution in [3.05, 3.63) is 34.6 Å². The predicted molar refractivity (Wildman–Crippen MR) is 50.4 cm³/mol. The number of hydrogen-bond acceptors (Lipinski definition) is 2. The molecule has 0 aliphatic rings. The Bertz CT molecular complexity index is 435. The van der Waals surface area contributed by atoms with Gasteiger partial charge in [0.2, 0.25) is 0 Å². The third kappa shape index (κ3) is 2.33. The van der Waals surface area contributed by atoms with Crippen LogP contribution < -0.4 is 5.73 Å². The molecule has 1 unspecified atom stereocenters. The van der Waals surface area contributed by atoms with Gasteiger partial charge in [-0.3, -0.25) is 4.79 Å². The number of rotatable bonds is 3. The molecule has 1 rings (SSSR count). The minimum absolute atomic E-state index is 0.379. The molecule has 1 aromatic rings. The molecular formula is C10H10F3NO2. The highest BCUT2D eigenvalue weighted by Crippen LogP contribution is 2.20. The van der Waals surface area contributed by atoms with E-state index in [2.05, 4.69) is 0 Å². The summed E-state index contributed by atoms with van der Waals surface area (Å²) in [6.07, 6.45) is -0.463. The lowest BCUT2D eigenvalue weighted by Gasteiger charge is -2.09. The summed E-state index contributed by atoms with van der Waals surface area (Å²) in [6, 6.07) is -0.632. The van der Waals surface area contributed by atoms with Gasteiger partial charge < -0.3 is 10.8 Å². The van der Waals surface area contributed by atoms with Crippen LogP contribution in [0.3, 0.4) is 0 Å². The van der Waals surface area contributed by atoms with Gasteiger partial charge in [0.1, 0.15) is 11.9 Å². The van der Waals surface area contributed by atoms with Gasteiger partial charge in [-0.1, -0.05) is 0 Å². The van der Waals surface area contributed by atoms with E-state index in [1.165, 1.54) is 0 Å². The number of benzene rings is 1. The first-order valence-electron chi connectivity index (χ1n) is 4.46. The molecule has 3 nitrogen and oxygen atoms in total.